The number of rotatable bonds is 4. The Morgan fingerprint density at radius 3 is 3.15 bits per heavy atom. The third kappa shape index (κ3) is 3.25. The zero-order valence-electron chi connectivity index (χ0n) is 11.7. The molecule has 108 valence electrons. The van der Waals surface area contributed by atoms with Crippen molar-refractivity contribution in [1.29, 1.82) is 0 Å². The van der Waals surface area contributed by atoms with E-state index in [1.165, 1.54) is 18.4 Å². The second kappa shape index (κ2) is 6.29. The number of hydrogen-bond donors (Lipinski definition) is 1. The summed E-state index contributed by atoms with van der Waals surface area (Å²) >= 11 is 3.50. The predicted octanol–water partition coefficient (Wildman–Crippen LogP) is 3.38. The molecule has 20 heavy (non-hydrogen) atoms. The van der Waals surface area contributed by atoms with Crippen LogP contribution in [-0.2, 0) is 4.74 Å². The highest BCUT2D eigenvalue weighted by molar-refractivity contribution is 9.10. The van der Waals surface area contributed by atoms with Crippen LogP contribution in [0, 0.1) is 0 Å². The zero-order valence-corrected chi connectivity index (χ0v) is 13.3. The summed E-state index contributed by atoms with van der Waals surface area (Å²) in [5, 5.41) is 3.55. The van der Waals surface area contributed by atoms with Crippen LogP contribution in [0.4, 0.5) is 0 Å². The minimum atomic E-state index is 0.363. The topological polar surface area (TPSA) is 30.5 Å². The van der Waals surface area contributed by atoms with Gasteiger partial charge in [-0.1, -0.05) is 15.9 Å². The van der Waals surface area contributed by atoms with Gasteiger partial charge in [-0.3, -0.25) is 0 Å². The van der Waals surface area contributed by atoms with Crippen LogP contribution in [0.25, 0.3) is 6.08 Å². The molecule has 1 saturated heterocycles. The standard InChI is InChI=1S/C16H20BrNO2/c1-11(15-3-2-6-19-15)18-9-12-7-13-8-14(17)4-5-16(13)20-10-12/h4-5,7-8,11,15,18H,2-3,6,9-10H2,1H3. The Bertz CT molecular complexity index is 509. The van der Waals surface area contributed by atoms with Crippen molar-refractivity contribution in [2.24, 2.45) is 0 Å². The van der Waals surface area contributed by atoms with Gasteiger partial charge in [0.2, 0.25) is 0 Å². The Balaban J connectivity index is 1.61. The maximum Gasteiger partial charge on any atom is 0.127 e. The lowest BCUT2D eigenvalue weighted by Crippen LogP contribution is -2.38. The first-order chi connectivity index (χ1) is 9.72. The average Bonchev–Trinajstić information content (AvgIpc) is 2.98. The van der Waals surface area contributed by atoms with Crippen LogP contribution in [0.1, 0.15) is 25.3 Å². The van der Waals surface area contributed by atoms with Gasteiger partial charge in [0.1, 0.15) is 12.4 Å². The fourth-order valence-corrected chi connectivity index (χ4v) is 3.10. The Kier molecular flexibility index (Phi) is 4.44. The lowest BCUT2D eigenvalue weighted by atomic mass is 10.1. The van der Waals surface area contributed by atoms with E-state index in [9.17, 15) is 0 Å². The Labute approximate surface area is 128 Å². The van der Waals surface area contributed by atoms with E-state index in [-0.39, 0.29) is 0 Å². The van der Waals surface area contributed by atoms with Crippen molar-refractivity contribution in [3.05, 3.63) is 33.8 Å². The summed E-state index contributed by atoms with van der Waals surface area (Å²) in [7, 11) is 0. The normalized spacial score (nSPS) is 22.9. The van der Waals surface area contributed by atoms with Gasteiger partial charge in [-0.05, 0) is 49.6 Å². The lowest BCUT2D eigenvalue weighted by molar-refractivity contribution is 0.0844. The van der Waals surface area contributed by atoms with Crippen LogP contribution in [0.15, 0.2) is 28.2 Å². The van der Waals surface area contributed by atoms with Gasteiger partial charge in [0.15, 0.2) is 0 Å². The van der Waals surface area contributed by atoms with Gasteiger partial charge in [0.05, 0.1) is 6.10 Å². The summed E-state index contributed by atoms with van der Waals surface area (Å²) in [6.07, 6.45) is 4.93. The Morgan fingerprint density at radius 1 is 1.45 bits per heavy atom. The van der Waals surface area contributed by atoms with E-state index in [0.29, 0.717) is 18.8 Å². The quantitative estimate of drug-likeness (QED) is 0.913. The summed E-state index contributed by atoms with van der Waals surface area (Å²) in [6.45, 7) is 4.63. The molecular formula is C16H20BrNO2. The first kappa shape index (κ1) is 14.1. The Hall–Kier alpha value is -0.840. The minimum Gasteiger partial charge on any atom is -0.489 e. The minimum absolute atomic E-state index is 0.363. The predicted molar refractivity (Wildman–Crippen MR) is 84.1 cm³/mol. The molecule has 0 aliphatic carbocycles. The molecule has 2 heterocycles. The van der Waals surface area contributed by atoms with E-state index >= 15 is 0 Å². The molecule has 2 unspecified atom stereocenters. The SMILES string of the molecule is CC(NCC1=Cc2cc(Br)ccc2OC1)C1CCCO1. The highest BCUT2D eigenvalue weighted by Gasteiger charge is 2.22. The molecular weight excluding hydrogens is 318 g/mol. The molecule has 3 nitrogen and oxygen atoms in total. The van der Waals surface area contributed by atoms with Crippen LogP contribution >= 0.6 is 15.9 Å². The summed E-state index contributed by atoms with van der Waals surface area (Å²) in [5.41, 5.74) is 2.42. The van der Waals surface area contributed by atoms with Crippen molar-refractivity contribution in [1.82, 2.24) is 5.32 Å². The van der Waals surface area contributed by atoms with Gasteiger partial charge >= 0.3 is 0 Å². The number of benzene rings is 1. The molecule has 2 aliphatic rings. The highest BCUT2D eigenvalue weighted by atomic mass is 79.9. The van der Waals surface area contributed by atoms with Crippen molar-refractivity contribution >= 4 is 22.0 Å². The molecule has 2 atom stereocenters. The molecule has 0 amide bonds. The first-order valence-corrected chi connectivity index (χ1v) is 7.98. The molecule has 0 spiro atoms. The smallest absolute Gasteiger partial charge is 0.127 e. The molecule has 3 rings (SSSR count). The summed E-state index contributed by atoms with van der Waals surface area (Å²) in [6, 6.07) is 6.50. The number of ether oxygens (including phenoxy) is 2. The second-order valence-electron chi connectivity index (χ2n) is 5.49. The van der Waals surface area contributed by atoms with Gasteiger partial charge in [0, 0.05) is 29.2 Å². The molecule has 0 aromatic heterocycles. The summed E-state index contributed by atoms with van der Waals surface area (Å²) in [5.74, 6) is 0.962. The fourth-order valence-electron chi connectivity index (χ4n) is 2.72. The largest absolute Gasteiger partial charge is 0.489 e. The maximum absolute atomic E-state index is 5.79. The molecule has 0 radical (unpaired) electrons. The van der Waals surface area contributed by atoms with E-state index in [1.54, 1.807) is 0 Å². The fraction of sp³-hybridized carbons (Fsp3) is 0.500. The lowest BCUT2D eigenvalue weighted by Gasteiger charge is -2.23. The molecule has 1 aromatic rings. The first-order valence-electron chi connectivity index (χ1n) is 7.19. The van der Waals surface area contributed by atoms with E-state index in [4.69, 9.17) is 9.47 Å². The van der Waals surface area contributed by atoms with Gasteiger partial charge in [-0.2, -0.15) is 0 Å². The Morgan fingerprint density at radius 2 is 2.35 bits per heavy atom. The van der Waals surface area contributed by atoms with Crippen LogP contribution in [0.5, 0.6) is 5.75 Å². The highest BCUT2D eigenvalue weighted by Crippen LogP contribution is 2.29. The molecule has 0 saturated carbocycles. The van der Waals surface area contributed by atoms with Gasteiger partial charge in [0.25, 0.3) is 0 Å². The van der Waals surface area contributed by atoms with E-state index in [0.717, 1.165) is 28.9 Å². The number of hydrogen-bond acceptors (Lipinski definition) is 3. The van der Waals surface area contributed by atoms with Crippen LogP contribution < -0.4 is 10.1 Å². The molecule has 0 bridgehead atoms. The molecule has 2 aliphatic heterocycles. The van der Waals surface area contributed by atoms with Crippen molar-refractivity contribution in [2.45, 2.75) is 31.9 Å². The van der Waals surface area contributed by atoms with Crippen molar-refractivity contribution < 1.29 is 9.47 Å². The van der Waals surface area contributed by atoms with E-state index < -0.39 is 0 Å². The number of halogens is 1. The van der Waals surface area contributed by atoms with Crippen molar-refractivity contribution in [3.8, 4) is 5.75 Å². The van der Waals surface area contributed by atoms with Crippen LogP contribution in [0.2, 0.25) is 0 Å². The van der Waals surface area contributed by atoms with Crippen LogP contribution in [-0.4, -0.2) is 31.9 Å². The number of nitrogens with one attached hydrogen (secondary N) is 1. The van der Waals surface area contributed by atoms with Gasteiger partial charge in [-0.25, -0.2) is 0 Å². The van der Waals surface area contributed by atoms with Gasteiger partial charge < -0.3 is 14.8 Å². The molecule has 1 aromatic carbocycles. The van der Waals surface area contributed by atoms with E-state index in [2.05, 4.69) is 40.3 Å². The average molecular weight is 338 g/mol. The zero-order chi connectivity index (χ0) is 13.9. The maximum atomic E-state index is 5.79. The van der Waals surface area contributed by atoms with Gasteiger partial charge in [-0.15, -0.1) is 0 Å². The monoisotopic (exact) mass is 337 g/mol. The van der Waals surface area contributed by atoms with Crippen molar-refractivity contribution in [3.63, 3.8) is 0 Å². The summed E-state index contributed by atoms with van der Waals surface area (Å²) in [4.78, 5) is 0. The number of fused-ring (bicyclic) bond motifs is 1. The third-order valence-electron chi connectivity index (χ3n) is 3.92. The van der Waals surface area contributed by atoms with Crippen molar-refractivity contribution in [2.75, 3.05) is 19.8 Å². The molecule has 4 heteroatoms. The molecule has 1 fully saturated rings. The summed E-state index contributed by atoms with van der Waals surface area (Å²) < 4.78 is 12.6. The van der Waals surface area contributed by atoms with Crippen LogP contribution in [0.3, 0.4) is 0 Å². The second-order valence-corrected chi connectivity index (χ2v) is 6.41. The third-order valence-corrected chi connectivity index (χ3v) is 4.41. The molecule has 1 N–H and O–H groups in total. The van der Waals surface area contributed by atoms with E-state index in [1.807, 2.05) is 12.1 Å².